The van der Waals surface area contributed by atoms with E-state index >= 15 is 0 Å². The fourth-order valence-corrected chi connectivity index (χ4v) is 4.54. The molecule has 2 aliphatic heterocycles. The maximum Gasteiger partial charge on any atom is 0.0259 e. The van der Waals surface area contributed by atoms with Gasteiger partial charge in [0.15, 0.2) is 0 Å². The van der Waals surface area contributed by atoms with Crippen molar-refractivity contribution in [1.29, 1.82) is 0 Å². The van der Waals surface area contributed by atoms with E-state index in [0.29, 0.717) is 4.75 Å². The van der Waals surface area contributed by atoms with Crippen LogP contribution < -0.4 is 5.32 Å². The van der Waals surface area contributed by atoms with Gasteiger partial charge in [-0.3, -0.25) is 4.90 Å². The largest absolute Gasteiger partial charge is 0.311 e. The van der Waals surface area contributed by atoms with Crippen LogP contribution in [-0.4, -0.2) is 47.6 Å². The first-order valence-corrected chi connectivity index (χ1v) is 8.16. The first kappa shape index (κ1) is 13.7. The Hall–Kier alpha value is 0.270. The topological polar surface area (TPSA) is 15.3 Å². The normalized spacial score (nSPS) is 35.6. The molecule has 2 fully saturated rings. The van der Waals surface area contributed by atoms with Crippen LogP contribution in [0.4, 0.5) is 0 Å². The monoisotopic (exact) mass is 256 g/mol. The molecule has 100 valence electrons. The lowest BCUT2D eigenvalue weighted by Gasteiger charge is -2.38. The van der Waals surface area contributed by atoms with Crippen molar-refractivity contribution in [3.63, 3.8) is 0 Å². The second kappa shape index (κ2) is 5.94. The van der Waals surface area contributed by atoms with Gasteiger partial charge in [0.2, 0.25) is 0 Å². The zero-order valence-corrected chi connectivity index (χ0v) is 12.5. The number of rotatable bonds is 4. The number of hydrogen-bond donors (Lipinski definition) is 1. The lowest BCUT2D eigenvalue weighted by molar-refractivity contribution is 0.173. The lowest BCUT2D eigenvalue weighted by Crippen LogP contribution is -2.53. The molecule has 0 aromatic rings. The molecule has 0 aromatic heterocycles. The van der Waals surface area contributed by atoms with Gasteiger partial charge in [0.25, 0.3) is 0 Å². The standard InChI is InChI=1S/C14H28N2S/c1-12(2)9-13-10-16(7-6-15-13)11-14(3)5-4-8-17-14/h12-13,15H,4-11H2,1-3H3. The highest BCUT2D eigenvalue weighted by atomic mass is 32.2. The minimum atomic E-state index is 0.541. The molecule has 0 amide bonds. The zero-order valence-electron chi connectivity index (χ0n) is 11.7. The molecule has 2 atom stereocenters. The molecule has 0 bridgehead atoms. The van der Waals surface area contributed by atoms with Gasteiger partial charge in [0, 0.05) is 37.0 Å². The Morgan fingerprint density at radius 3 is 2.94 bits per heavy atom. The SMILES string of the molecule is CC(C)CC1CN(CC2(C)CCCS2)CCN1. The van der Waals surface area contributed by atoms with Gasteiger partial charge in [-0.2, -0.15) is 11.8 Å². The lowest BCUT2D eigenvalue weighted by atomic mass is 10.00. The van der Waals surface area contributed by atoms with Crippen LogP contribution >= 0.6 is 11.8 Å². The quantitative estimate of drug-likeness (QED) is 0.832. The first-order chi connectivity index (χ1) is 8.07. The Kier molecular flexibility index (Phi) is 4.79. The molecule has 1 N–H and O–H groups in total. The number of nitrogens with zero attached hydrogens (tertiary/aromatic N) is 1. The van der Waals surface area contributed by atoms with Crippen LogP contribution in [0.15, 0.2) is 0 Å². The van der Waals surface area contributed by atoms with Gasteiger partial charge in [-0.1, -0.05) is 13.8 Å². The van der Waals surface area contributed by atoms with Gasteiger partial charge in [-0.05, 0) is 37.9 Å². The predicted molar refractivity (Wildman–Crippen MR) is 77.8 cm³/mol. The van der Waals surface area contributed by atoms with Gasteiger partial charge < -0.3 is 5.32 Å². The van der Waals surface area contributed by atoms with E-state index in [2.05, 4.69) is 42.7 Å². The second-order valence-electron chi connectivity index (χ2n) is 6.42. The van der Waals surface area contributed by atoms with E-state index in [-0.39, 0.29) is 0 Å². The Morgan fingerprint density at radius 2 is 2.29 bits per heavy atom. The fourth-order valence-electron chi connectivity index (χ4n) is 3.20. The Labute approximate surface area is 111 Å². The Balaban J connectivity index is 1.80. The summed E-state index contributed by atoms with van der Waals surface area (Å²) in [6.07, 6.45) is 4.15. The fraction of sp³-hybridized carbons (Fsp3) is 1.00. The van der Waals surface area contributed by atoms with Crippen molar-refractivity contribution in [1.82, 2.24) is 10.2 Å². The highest BCUT2D eigenvalue weighted by Crippen LogP contribution is 2.38. The smallest absolute Gasteiger partial charge is 0.0259 e. The van der Waals surface area contributed by atoms with Crippen molar-refractivity contribution in [3.05, 3.63) is 0 Å². The summed E-state index contributed by atoms with van der Waals surface area (Å²) in [6, 6.07) is 0.721. The van der Waals surface area contributed by atoms with Gasteiger partial charge in [0.1, 0.15) is 0 Å². The van der Waals surface area contributed by atoms with E-state index in [0.717, 1.165) is 12.0 Å². The molecule has 2 nitrogen and oxygen atoms in total. The summed E-state index contributed by atoms with van der Waals surface area (Å²) in [5.41, 5.74) is 0. The van der Waals surface area contributed by atoms with Crippen molar-refractivity contribution in [3.8, 4) is 0 Å². The molecule has 0 aromatic carbocycles. The van der Waals surface area contributed by atoms with Gasteiger partial charge in [-0.25, -0.2) is 0 Å². The molecule has 0 aliphatic carbocycles. The van der Waals surface area contributed by atoms with Gasteiger partial charge in [0.05, 0.1) is 0 Å². The van der Waals surface area contributed by atoms with Gasteiger partial charge in [-0.15, -0.1) is 0 Å². The van der Waals surface area contributed by atoms with E-state index in [9.17, 15) is 0 Å². The summed E-state index contributed by atoms with van der Waals surface area (Å²) >= 11 is 2.19. The molecule has 17 heavy (non-hydrogen) atoms. The minimum Gasteiger partial charge on any atom is -0.311 e. The van der Waals surface area contributed by atoms with Crippen molar-refractivity contribution in [2.24, 2.45) is 5.92 Å². The molecule has 2 aliphatic rings. The maximum atomic E-state index is 3.67. The minimum absolute atomic E-state index is 0.541. The number of hydrogen-bond acceptors (Lipinski definition) is 3. The third-order valence-corrected chi connectivity index (χ3v) is 5.48. The molecular formula is C14H28N2S. The molecule has 0 spiro atoms. The van der Waals surface area contributed by atoms with E-state index in [1.165, 1.54) is 51.2 Å². The number of thioether (sulfide) groups is 1. The zero-order chi connectivity index (χ0) is 12.3. The van der Waals surface area contributed by atoms with Crippen LogP contribution in [0.25, 0.3) is 0 Å². The van der Waals surface area contributed by atoms with Crippen molar-refractivity contribution < 1.29 is 0 Å². The average molecular weight is 256 g/mol. The van der Waals surface area contributed by atoms with Gasteiger partial charge >= 0.3 is 0 Å². The first-order valence-electron chi connectivity index (χ1n) is 7.17. The highest BCUT2D eigenvalue weighted by Gasteiger charge is 2.33. The summed E-state index contributed by atoms with van der Waals surface area (Å²) in [5.74, 6) is 2.18. The molecule has 3 heteroatoms. The van der Waals surface area contributed by atoms with Crippen LogP contribution in [0, 0.1) is 5.92 Å². The van der Waals surface area contributed by atoms with Crippen LogP contribution in [0.1, 0.15) is 40.0 Å². The van der Waals surface area contributed by atoms with E-state index in [4.69, 9.17) is 0 Å². The average Bonchev–Trinajstić information content (AvgIpc) is 2.64. The van der Waals surface area contributed by atoms with Crippen molar-refractivity contribution in [2.75, 3.05) is 31.9 Å². The molecular weight excluding hydrogens is 228 g/mol. The molecule has 0 radical (unpaired) electrons. The van der Waals surface area contributed by atoms with Crippen LogP contribution in [-0.2, 0) is 0 Å². The molecule has 2 rings (SSSR count). The number of nitrogens with one attached hydrogen (secondary N) is 1. The second-order valence-corrected chi connectivity index (χ2v) is 8.10. The van der Waals surface area contributed by atoms with Crippen molar-refractivity contribution in [2.45, 2.75) is 50.8 Å². The van der Waals surface area contributed by atoms with Crippen LogP contribution in [0.2, 0.25) is 0 Å². The Morgan fingerprint density at radius 1 is 1.47 bits per heavy atom. The summed E-state index contributed by atoms with van der Waals surface area (Å²) in [7, 11) is 0. The summed E-state index contributed by atoms with van der Waals surface area (Å²) in [5, 5.41) is 3.67. The van der Waals surface area contributed by atoms with Crippen LogP contribution in [0.3, 0.4) is 0 Å². The molecule has 0 saturated carbocycles. The van der Waals surface area contributed by atoms with E-state index in [1.807, 2.05) is 0 Å². The van der Waals surface area contributed by atoms with E-state index in [1.54, 1.807) is 0 Å². The van der Waals surface area contributed by atoms with Crippen LogP contribution in [0.5, 0.6) is 0 Å². The summed E-state index contributed by atoms with van der Waals surface area (Å²) < 4.78 is 0.541. The molecule has 2 saturated heterocycles. The third kappa shape index (κ3) is 4.15. The van der Waals surface area contributed by atoms with E-state index < -0.39 is 0 Å². The number of piperazine rings is 1. The maximum absolute atomic E-state index is 3.67. The summed E-state index contributed by atoms with van der Waals surface area (Å²) in [4.78, 5) is 2.70. The third-order valence-electron chi connectivity index (χ3n) is 3.95. The molecule has 2 heterocycles. The highest BCUT2D eigenvalue weighted by molar-refractivity contribution is 8.00. The summed E-state index contributed by atoms with van der Waals surface area (Å²) in [6.45, 7) is 12.1. The van der Waals surface area contributed by atoms with Crippen molar-refractivity contribution >= 4 is 11.8 Å². The predicted octanol–water partition coefficient (Wildman–Crippen LogP) is 2.59. The Bertz CT molecular complexity index is 236. The molecule has 2 unspecified atom stereocenters.